The first-order valence-corrected chi connectivity index (χ1v) is 8.53. The number of rotatable bonds is 6. The van der Waals surface area contributed by atoms with E-state index in [0.29, 0.717) is 17.2 Å². The third-order valence-corrected chi connectivity index (χ3v) is 3.65. The molecule has 0 aliphatic rings. The highest BCUT2D eigenvalue weighted by molar-refractivity contribution is 5.61. The van der Waals surface area contributed by atoms with Gasteiger partial charge in [-0.05, 0) is 36.4 Å². The minimum Gasteiger partial charge on any atom is -0.506 e. The maximum atomic E-state index is 9.98. The van der Waals surface area contributed by atoms with E-state index in [-0.39, 0.29) is 23.7 Å². The summed E-state index contributed by atoms with van der Waals surface area (Å²) in [6.07, 6.45) is 0. The molecule has 1 heterocycles. The SMILES string of the molecule is Oc1ccccc1Nc1nc(Oc2ccccc2)nc(Oc2ccccc2)n1. The largest absolute Gasteiger partial charge is 0.506 e. The predicted molar refractivity (Wildman–Crippen MR) is 104 cm³/mol. The Kier molecular flexibility index (Phi) is 4.97. The van der Waals surface area contributed by atoms with Crippen molar-refractivity contribution in [2.75, 3.05) is 5.32 Å². The number of hydrogen-bond donors (Lipinski definition) is 2. The Morgan fingerprint density at radius 2 is 1.11 bits per heavy atom. The van der Waals surface area contributed by atoms with Gasteiger partial charge in [-0.2, -0.15) is 9.97 Å². The van der Waals surface area contributed by atoms with Gasteiger partial charge in [0, 0.05) is 0 Å². The zero-order chi connectivity index (χ0) is 19.2. The molecule has 4 aromatic rings. The molecule has 0 spiro atoms. The van der Waals surface area contributed by atoms with Gasteiger partial charge < -0.3 is 19.9 Å². The van der Waals surface area contributed by atoms with Gasteiger partial charge >= 0.3 is 12.0 Å². The first-order valence-electron chi connectivity index (χ1n) is 8.53. The molecule has 0 saturated heterocycles. The molecule has 0 saturated carbocycles. The molecule has 0 unspecified atom stereocenters. The van der Waals surface area contributed by atoms with Crippen LogP contribution in [0.1, 0.15) is 0 Å². The van der Waals surface area contributed by atoms with Crippen molar-refractivity contribution in [2.24, 2.45) is 0 Å². The van der Waals surface area contributed by atoms with Crippen molar-refractivity contribution >= 4 is 11.6 Å². The Hall–Kier alpha value is -4.13. The van der Waals surface area contributed by atoms with E-state index in [1.807, 2.05) is 36.4 Å². The summed E-state index contributed by atoms with van der Waals surface area (Å²) in [5, 5.41) is 12.9. The number of hydrogen-bond acceptors (Lipinski definition) is 7. The normalized spacial score (nSPS) is 10.3. The molecule has 2 N–H and O–H groups in total. The van der Waals surface area contributed by atoms with E-state index in [1.165, 1.54) is 0 Å². The van der Waals surface area contributed by atoms with Gasteiger partial charge in [-0.15, -0.1) is 4.98 Å². The molecular weight excluding hydrogens is 356 g/mol. The summed E-state index contributed by atoms with van der Waals surface area (Å²) in [7, 11) is 0. The second-order valence-corrected chi connectivity index (χ2v) is 5.70. The summed E-state index contributed by atoms with van der Waals surface area (Å²) in [6.45, 7) is 0. The van der Waals surface area contributed by atoms with Crippen LogP contribution in [0.15, 0.2) is 84.9 Å². The molecule has 0 atom stereocenters. The number of nitrogens with zero attached hydrogens (tertiary/aromatic N) is 3. The zero-order valence-corrected chi connectivity index (χ0v) is 14.7. The number of aromatic hydroxyl groups is 1. The van der Waals surface area contributed by atoms with Crippen LogP contribution in [0.3, 0.4) is 0 Å². The number of benzene rings is 3. The molecule has 0 radical (unpaired) electrons. The van der Waals surface area contributed by atoms with Crippen LogP contribution in [0.5, 0.6) is 29.3 Å². The fraction of sp³-hybridized carbons (Fsp3) is 0. The van der Waals surface area contributed by atoms with Gasteiger partial charge in [-0.25, -0.2) is 0 Å². The number of ether oxygens (including phenoxy) is 2. The molecule has 28 heavy (non-hydrogen) atoms. The molecule has 7 nitrogen and oxygen atoms in total. The lowest BCUT2D eigenvalue weighted by atomic mass is 10.3. The van der Waals surface area contributed by atoms with E-state index in [2.05, 4.69) is 20.3 Å². The minimum atomic E-state index is 0.0602. The van der Waals surface area contributed by atoms with Crippen molar-refractivity contribution in [1.29, 1.82) is 0 Å². The molecule has 7 heteroatoms. The summed E-state index contributed by atoms with van der Waals surface area (Å²) < 4.78 is 11.4. The molecule has 3 aromatic carbocycles. The Bertz CT molecular complexity index is 1000. The number of anilines is 2. The number of phenolic OH excluding ortho intramolecular Hbond substituents is 1. The summed E-state index contributed by atoms with van der Waals surface area (Å²) in [5.41, 5.74) is 0.449. The molecule has 1 aromatic heterocycles. The highest BCUT2D eigenvalue weighted by atomic mass is 16.5. The third kappa shape index (κ3) is 4.34. The van der Waals surface area contributed by atoms with Crippen molar-refractivity contribution < 1.29 is 14.6 Å². The average Bonchev–Trinajstić information content (AvgIpc) is 2.71. The summed E-state index contributed by atoms with van der Waals surface area (Å²) in [5.74, 6) is 1.40. The smallest absolute Gasteiger partial charge is 0.330 e. The minimum absolute atomic E-state index is 0.0602. The van der Waals surface area contributed by atoms with Crippen molar-refractivity contribution in [3.8, 4) is 29.3 Å². The first kappa shape index (κ1) is 17.3. The zero-order valence-electron chi connectivity index (χ0n) is 14.7. The maximum Gasteiger partial charge on any atom is 0.330 e. The van der Waals surface area contributed by atoms with Crippen LogP contribution < -0.4 is 14.8 Å². The van der Waals surface area contributed by atoms with Crippen molar-refractivity contribution in [3.63, 3.8) is 0 Å². The first-order chi connectivity index (χ1) is 13.8. The lowest BCUT2D eigenvalue weighted by Crippen LogP contribution is -2.03. The van der Waals surface area contributed by atoms with Gasteiger partial charge in [0.05, 0.1) is 5.69 Å². The molecule has 0 aliphatic carbocycles. The molecule has 138 valence electrons. The van der Waals surface area contributed by atoms with E-state index < -0.39 is 0 Å². The predicted octanol–water partition coefficient (Wildman–Crippen LogP) is 4.91. The topological polar surface area (TPSA) is 89.4 Å². The summed E-state index contributed by atoms with van der Waals surface area (Å²) >= 11 is 0. The molecule has 0 amide bonds. The Morgan fingerprint density at radius 3 is 1.64 bits per heavy atom. The van der Waals surface area contributed by atoms with Gasteiger partial charge in [-0.1, -0.05) is 48.5 Å². The van der Waals surface area contributed by atoms with Gasteiger partial charge in [0.15, 0.2) is 0 Å². The Morgan fingerprint density at radius 1 is 0.607 bits per heavy atom. The second kappa shape index (κ2) is 8.05. The van der Waals surface area contributed by atoms with Crippen LogP contribution in [-0.4, -0.2) is 20.1 Å². The summed E-state index contributed by atoms with van der Waals surface area (Å²) in [6, 6.07) is 25.2. The van der Waals surface area contributed by atoms with E-state index in [1.54, 1.807) is 48.5 Å². The van der Waals surface area contributed by atoms with Crippen LogP contribution in [0.2, 0.25) is 0 Å². The van der Waals surface area contributed by atoms with Crippen LogP contribution in [-0.2, 0) is 0 Å². The fourth-order valence-electron chi connectivity index (χ4n) is 2.37. The third-order valence-electron chi connectivity index (χ3n) is 3.65. The number of nitrogens with one attached hydrogen (secondary N) is 1. The monoisotopic (exact) mass is 372 g/mol. The van der Waals surface area contributed by atoms with E-state index in [9.17, 15) is 5.11 Å². The molecule has 0 bridgehead atoms. The Labute approximate surface area is 161 Å². The maximum absolute atomic E-state index is 9.98. The lowest BCUT2D eigenvalue weighted by Gasteiger charge is -2.10. The molecule has 0 aliphatic heterocycles. The quantitative estimate of drug-likeness (QED) is 0.465. The fourth-order valence-corrected chi connectivity index (χ4v) is 2.37. The van der Waals surface area contributed by atoms with Gasteiger partial charge in [0.1, 0.15) is 17.2 Å². The number of phenols is 1. The highest BCUT2D eigenvalue weighted by Gasteiger charge is 2.12. The molecule has 0 fully saturated rings. The average molecular weight is 372 g/mol. The number of aromatic nitrogens is 3. The van der Waals surface area contributed by atoms with Crippen LogP contribution in [0.25, 0.3) is 0 Å². The molecular formula is C21H16N4O3. The van der Waals surface area contributed by atoms with Crippen LogP contribution in [0, 0.1) is 0 Å². The van der Waals surface area contributed by atoms with Crippen LogP contribution >= 0.6 is 0 Å². The highest BCUT2D eigenvalue weighted by Crippen LogP contribution is 2.28. The van der Waals surface area contributed by atoms with Crippen molar-refractivity contribution in [3.05, 3.63) is 84.9 Å². The van der Waals surface area contributed by atoms with E-state index >= 15 is 0 Å². The second-order valence-electron chi connectivity index (χ2n) is 5.70. The van der Waals surface area contributed by atoms with Crippen LogP contribution in [0.4, 0.5) is 11.6 Å². The van der Waals surface area contributed by atoms with Crippen molar-refractivity contribution in [1.82, 2.24) is 15.0 Å². The lowest BCUT2D eigenvalue weighted by molar-refractivity contribution is 0.399. The Balaban J connectivity index is 1.66. The van der Waals surface area contributed by atoms with Crippen molar-refractivity contribution in [2.45, 2.75) is 0 Å². The van der Waals surface area contributed by atoms with Gasteiger partial charge in [0.25, 0.3) is 0 Å². The van der Waals surface area contributed by atoms with E-state index in [4.69, 9.17) is 9.47 Å². The summed E-state index contributed by atoms with van der Waals surface area (Å²) in [4.78, 5) is 12.7. The van der Waals surface area contributed by atoms with E-state index in [0.717, 1.165) is 0 Å². The van der Waals surface area contributed by atoms with Gasteiger partial charge in [-0.3, -0.25) is 0 Å². The number of para-hydroxylation sites is 4. The van der Waals surface area contributed by atoms with Gasteiger partial charge in [0.2, 0.25) is 5.95 Å². The standard InChI is InChI=1S/C21H16N4O3/c26-18-14-8-7-13-17(18)22-19-23-20(27-15-9-3-1-4-10-15)25-21(24-19)28-16-11-5-2-6-12-16/h1-14,26H,(H,22,23,24,25). The molecule has 4 rings (SSSR count).